The van der Waals surface area contributed by atoms with Crippen molar-refractivity contribution >= 4 is 17.0 Å². The maximum atomic E-state index is 12.1. The molecule has 3 rings (SSSR count). The van der Waals surface area contributed by atoms with E-state index in [4.69, 9.17) is 4.42 Å². The smallest absolute Gasteiger partial charge is 0.268 e. The van der Waals surface area contributed by atoms with E-state index in [9.17, 15) is 4.79 Å². The van der Waals surface area contributed by atoms with Gasteiger partial charge in [-0.1, -0.05) is 30.3 Å². The van der Waals surface area contributed by atoms with Crippen molar-refractivity contribution in [2.24, 2.45) is 7.05 Å². The molecule has 0 fully saturated rings. The number of furan rings is 1. The molecule has 3 aromatic rings. The zero-order valence-electron chi connectivity index (χ0n) is 10.6. The SMILES string of the molecule is Cn1c(C(=O)NCc2ccccc2)cc2occc21. The quantitative estimate of drug-likeness (QED) is 0.781. The van der Waals surface area contributed by atoms with Gasteiger partial charge in [-0.25, -0.2) is 0 Å². The molecule has 0 saturated heterocycles. The van der Waals surface area contributed by atoms with Gasteiger partial charge in [0.15, 0.2) is 5.58 Å². The largest absolute Gasteiger partial charge is 0.463 e. The summed E-state index contributed by atoms with van der Waals surface area (Å²) in [6, 6.07) is 13.4. The van der Waals surface area contributed by atoms with Gasteiger partial charge in [0.2, 0.25) is 0 Å². The molecule has 2 heterocycles. The van der Waals surface area contributed by atoms with E-state index in [1.807, 2.05) is 48.0 Å². The summed E-state index contributed by atoms with van der Waals surface area (Å²) >= 11 is 0. The van der Waals surface area contributed by atoms with Gasteiger partial charge >= 0.3 is 0 Å². The van der Waals surface area contributed by atoms with Crippen LogP contribution < -0.4 is 5.32 Å². The summed E-state index contributed by atoms with van der Waals surface area (Å²) in [5.74, 6) is -0.0993. The van der Waals surface area contributed by atoms with E-state index in [0.29, 0.717) is 12.2 Å². The number of nitrogens with zero attached hydrogens (tertiary/aromatic N) is 1. The Morgan fingerprint density at radius 3 is 2.79 bits per heavy atom. The average Bonchev–Trinajstić information content (AvgIpc) is 3.01. The minimum atomic E-state index is -0.0993. The van der Waals surface area contributed by atoms with Crippen molar-refractivity contribution in [3.8, 4) is 0 Å². The van der Waals surface area contributed by atoms with Gasteiger partial charge in [0.1, 0.15) is 5.69 Å². The third-order valence-electron chi connectivity index (χ3n) is 3.19. The van der Waals surface area contributed by atoms with Crippen LogP contribution in [-0.2, 0) is 13.6 Å². The fraction of sp³-hybridized carbons (Fsp3) is 0.133. The Hall–Kier alpha value is -2.49. The second-order valence-corrected chi connectivity index (χ2v) is 4.43. The number of aryl methyl sites for hydroxylation is 1. The number of rotatable bonds is 3. The first kappa shape index (κ1) is 11.6. The minimum absolute atomic E-state index is 0.0993. The standard InChI is InChI=1S/C15H14N2O2/c1-17-12-7-8-19-14(12)9-13(17)15(18)16-10-11-5-3-2-4-6-11/h2-9H,10H2,1H3,(H,16,18). The molecule has 0 saturated carbocycles. The third-order valence-corrected chi connectivity index (χ3v) is 3.19. The number of amides is 1. The lowest BCUT2D eigenvalue weighted by molar-refractivity contribution is 0.0943. The Morgan fingerprint density at radius 2 is 2.05 bits per heavy atom. The van der Waals surface area contributed by atoms with Crippen molar-refractivity contribution in [1.82, 2.24) is 9.88 Å². The second-order valence-electron chi connectivity index (χ2n) is 4.43. The lowest BCUT2D eigenvalue weighted by atomic mass is 10.2. The minimum Gasteiger partial charge on any atom is -0.463 e. The first-order valence-corrected chi connectivity index (χ1v) is 6.11. The van der Waals surface area contributed by atoms with E-state index in [0.717, 1.165) is 16.7 Å². The van der Waals surface area contributed by atoms with E-state index >= 15 is 0 Å². The van der Waals surface area contributed by atoms with Gasteiger partial charge in [0, 0.05) is 25.7 Å². The summed E-state index contributed by atoms with van der Waals surface area (Å²) in [7, 11) is 1.86. The van der Waals surface area contributed by atoms with E-state index < -0.39 is 0 Å². The average molecular weight is 254 g/mol. The van der Waals surface area contributed by atoms with Gasteiger partial charge in [-0.2, -0.15) is 0 Å². The van der Waals surface area contributed by atoms with Crippen molar-refractivity contribution in [1.29, 1.82) is 0 Å². The molecule has 0 radical (unpaired) electrons. The van der Waals surface area contributed by atoms with E-state index in [-0.39, 0.29) is 5.91 Å². The molecule has 0 spiro atoms. The lowest BCUT2D eigenvalue weighted by Crippen LogP contribution is -2.24. The van der Waals surface area contributed by atoms with Crippen LogP contribution in [0.2, 0.25) is 0 Å². The first-order chi connectivity index (χ1) is 9.25. The van der Waals surface area contributed by atoms with Gasteiger partial charge < -0.3 is 14.3 Å². The molecule has 1 amide bonds. The number of carbonyl (C=O) groups is 1. The zero-order chi connectivity index (χ0) is 13.2. The van der Waals surface area contributed by atoms with Crippen molar-refractivity contribution in [2.45, 2.75) is 6.54 Å². The molecule has 1 aromatic carbocycles. The third kappa shape index (κ3) is 2.12. The second kappa shape index (κ2) is 4.65. The van der Waals surface area contributed by atoms with Crippen LogP contribution in [0.5, 0.6) is 0 Å². The number of hydrogen-bond acceptors (Lipinski definition) is 2. The van der Waals surface area contributed by atoms with Crippen molar-refractivity contribution < 1.29 is 9.21 Å². The fourth-order valence-electron chi connectivity index (χ4n) is 2.14. The molecule has 2 aromatic heterocycles. The molecule has 19 heavy (non-hydrogen) atoms. The molecule has 0 unspecified atom stereocenters. The highest BCUT2D eigenvalue weighted by molar-refractivity contribution is 5.97. The fourth-order valence-corrected chi connectivity index (χ4v) is 2.14. The molecular formula is C15H14N2O2. The van der Waals surface area contributed by atoms with Crippen LogP contribution in [0, 0.1) is 0 Å². The van der Waals surface area contributed by atoms with Crippen LogP contribution in [0.15, 0.2) is 53.1 Å². The molecule has 0 bridgehead atoms. The van der Waals surface area contributed by atoms with Gasteiger partial charge in [0.25, 0.3) is 5.91 Å². The van der Waals surface area contributed by atoms with Crippen molar-refractivity contribution in [3.63, 3.8) is 0 Å². The van der Waals surface area contributed by atoms with Crippen molar-refractivity contribution in [3.05, 3.63) is 60.0 Å². The summed E-state index contributed by atoms with van der Waals surface area (Å²) in [6.07, 6.45) is 1.62. The highest BCUT2D eigenvalue weighted by atomic mass is 16.3. The molecule has 1 N–H and O–H groups in total. The predicted octanol–water partition coefficient (Wildman–Crippen LogP) is 2.70. The molecular weight excluding hydrogens is 240 g/mol. The summed E-state index contributed by atoms with van der Waals surface area (Å²) in [6.45, 7) is 0.520. The van der Waals surface area contributed by atoms with Gasteiger partial charge in [-0.3, -0.25) is 4.79 Å². The molecule has 0 aliphatic heterocycles. The maximum Gasteiger partial charge on any atom is 0.268 e. The van der Waals surface area contributed by atoms with E-state index in [1.54, 1.807) is 12.3 Å². The number of nitrogens with one attached hydrogen (secondary N) is 1. The normalized spacial score (nSPS) is 10.8. The Labute approximate surface area is 110 Å². The number of hydrogen-bond donors (Lipinski definition) is 1. The summed E-state index contributed by atoms with van der Waals surface area (Å²) in [5, 5.41) is 2.91. The molecule has 4 nitrogen and oxygen atoms in total. The van der Waals surface area contributed by atoms with Gasteiger partial charge in [-0.15, -0.1) is 0 Å². The zero-order valence-corrected chi connectivity index (χ0v) is 10.6. The number of fused-ring (bicyclic) bond motifs is 1. The van der Waals surface area contributed by atoms with Crippen LogP contribution in [0.3, 0.4) is 0 Å². The Kier molecular flexibility index (Phi) is 2.83. The number of aromatic nitrogens is 1. The maximum absolute atomic E-state index is 12.1. The Morgan fingerprint density at radius 1 is 1.26 bits per heavy atom. The molecule has 0 aliphatic carbocycles. The number of carbonyl (C=O) groups excluding carboxylic acids is 1. The highest BCUT2D eigenvalue weighted by Crippen LogP contribution is 2.19. The van der Waals surface area contributed by atoms with Gasteiger partial charge in [-0.05, 0) is 5.56 Å². The topological polar surface area (TPSA) is 47.2 Å². The Balaban J connectivity index is 1.77. The van der Waals surface area contributed by atoms with Crippen LogP contribution in [-0.4, -0.2) is 10.5 Å². The molecule has 0 aliphatic rings. The van der Waals surface area contributed by atoms with Crippen LogP contribution in [0.1, 0.15) is 16.1 Å². The monoisotopic (exact) mass is 254 g/mol. The summed E-state index contributed by atoms with van der Waals surface area (Å²) in [4.78, 5) is 12.1. The molecule has 0 atom stereocenters. The lowest BCUT2D eigenvalue weighted by Gasteiger charge is -2.06. The van der Waals surface area contributed by atoms with E-state index in [1.165, 1.54) is 0 Å². The summed E-state index contributed by atoms with van der Waals surface area (Å²) < 4.78 is 7.12. The molecule has 4 heteroatoms. The van der Waals surface area contributed by atoms with Crippen LogP contribution in [0.25, 0.3) is 11.1 Å². The van der Waals surface area contributed by atoms with E-state index in [2.05, 4.69) is 5.32 Å². The molecule has 96 valence electrons. The van der Waals surface area contributed by atoms with Gasteiger partial charge in [0.05, 0.1) is 11.8 Å². The Bertz CT molecular complexity index is 710. The number of benzene rings is 1. The van der Waals surface area contributed by atoms with Crippen LogP contribution >= 0.6 is 0 Å². The van der Waals surface area contributed by atoms with Crippen molar-refractivity contribution in [2.75, 3.05) is 0 Å². The highest BCUT2D eigenvalue weighted by Gasteiger charge is 2.14. The predicted molar refractivity (Wildman–Crippen MR) is 72.8 cm³/mol. The van der Waals surface area contributed by atoms with Crippen LogP contribution in [0.4, 0.5) is 0 Å². The first-order valence-electron chi connectivity index (χ1n) is 6.11. The summed E-state index contributed by atoms with van der Waals surface area (Å²) in [5.41, 5.74) is 3.33.